The van der Waals surface area contributed by atoms with Crippen molar-refractivity contribution in [1.82, 2.24) is 9.80 Å². The Morgan fingerprint density at radius 2 is 2.09 bits per heavy atom. The van der Waals surface area contributed by atoms with Crippen molar-refractivity contribution in [3.8, 4) is 0 Å². The molecule has 0 radical (unpaired) electrons. The summed E-state index contributed by atoms with van der Waals surface area (Å²) in [5, 5.41) is 0. The molecule has 0 spiro atoms. The summed E-state index contributed by atoms with van der Waals surface area (Å²) >= 11 is 0. The minimum atomic E-state index is -0.217. The van der Waals surface area contributed by atoms with Crippen LogP contribution in [0.2, 0.25) is 0 Å². The number of ether oxygens (including phenoxy) is 1. The van der Waals surface area contributed by atoms with E-state index in [1.54, 1.807) is 4.90 Å². The Balaban J connectivity index is 1.58. The van der Waals surface area contributed by atoms with Crippen LogP contribution in [-0.4, -0.2) is 53.8 Å². The third kappa shape index (κ3) is 3.96. The Morgan fingerprint density at radius 3 is 2.83 bits per heavy atom. The van der Waals surface area contributed by atoms with Crippen molar-refractivity contribution in [1.29, 1.82) is 0 Å². The van der Waals surface area contributed by atoms with E-state index in [-0.39, 0.29) is 31.1 Å². The van der Waals surface area contributed by atoms with Crippen LogP contribution in [0, 0.1) is 0 Å². The van der Waals surface area contributed by atoms with Crippen molar-refractivity contribution in [2.24, 2.45) is 4.99 Å². The molecule has 1 unspecified atom stereocenters. The van der Waals surface area contributed by atoms with Gasteiger partial charge in [-0.2, -0.15) is 0 Å². The van der Waals surface area contributed by atoms with E-state index in [0.29, 0.717) is 13.2 Å². The molecular formula is C17H21N3O3. The number of likely N-dealkylation sites (tertiary alicyclic amines) is 1. The van der Waals surface area contributed by atoms with Crippen molar-refractivity contribution >= 4 is 18.2 Å². The van der Waals surface area contributed by atoms with Gasteiger partial charge in [0.05, 0.1) is 12.9 Å². The highest BCUT2D eigenvalue weighted by atomic mass is 16.5. The average Bonchev–Trinajstić information content (AvgIpc) is 2.99. The van der Waals surface area contributed by atoms with Gasteiger partial charge < -0.3 is 9.64 Å². The SMILES string of the molecule is O=C1CN=CN1CC(=O)N1CCCCC1OCc1ccccc1. The molecule has 2 aliphatic rings. The maximum Gasteiger partial charge on any atom is 0.249 e. The van der Waals surface area contributed by atoms with Crippen molar-refractivity contribution < 1.29 is 14.3 Å². The zero-order chi connectivity index (χ0) is 16.1. The van der Waals surface area contributed by atoms with E-state index in [9.17, 15) is 9.59 Å². The predicted molar refractivity (Wildman–Crippen MR) is 85.7 cm³/mol. The molecule has 2 aliphatic heterocycles. The molecule has 3 rings (SSSR count). The van der Waals surface area contributed by atoms with Gasteiger partial charge in [-0.15, -0.1) is 0 Å². The molecule has 1 aromatic carbocycles. The maximum atomic E-state index is 12.5. The Hall–Kier alpha value is -2.21. The topological polar surface area (TPSA) is 62.2 Å². The Bertz CT molecular complexity index is 588. The van der Waals surface area contributed by atoms with Crippen LogP contribution in [0.15, 0.2) is 35.3 Å². The lowest BCUT2D eigenvalue weighted by Crippen LogP contribution is -2.49. The molecule has 122 valence electrons. The van der Waals surface area contributed by atoms with Crippen LogP contribution in [0.4, 0.5) is 0 Å². The third-order valence-corrected chi connectivity index (χ3v) is 4.13. The number of amides is 2. The minimum absolute atomic E-state index is 0.0491. The summed E-state index contributed by atoms with van der Waals surface area (Å²) in [4.78, 5) is 31.1. The highest BCUT2D eigenvalue weighted by molar-refractivity contribution is 5.97. The van der Waals surface area contributed by atoms with Crippen LogP contribution in [0.1, 0.15) is 24.8 Å². The molecule has 0 aliphatic carbocycles. The molecule has 0 saturated carbocycles. The number of piperidine rings is 1. The summed E-state index contributed by atoms with van der Waals surface area (Å²) in [6.45, 7) is 1.35. The molecule has 1 saturated heterocycles. The van der Waals surface area contributed by atoms with Gasteiger partial charge in [0, 0.05) is 6.54 Å². The van der Waals surface area contributed by atoms with Gasteiger partial charge in [-0.05, 0) is 24.8 Å². The van der Waals surface area contributed by atoms with Gasteiger partial charge in [0.15, 0.2) is 0 Å². The van der Waals surface area contributed by atoms with Crippen molar-refractivity contribution in [2.45, 2.75) is 32.1 Å². The summed E-state index contributed by atoms with van der Waals surface area (Å²) in [6, 6.07) is 9.93. The summed E-state index contributed by atoms with van der Waals surface area (Å²) in [7, 11) is 0. The molecule has 0 N–H and O–H groups in total. The quantitative estimate of drug-likeness (QED) is 0.825. The molecule has 0 bridgehead atoms. The maximum absolute atomic E-state index is 12.5. The molecule has 2 amide bonds. The first-order valence-corrected chi connectivity index (χ1v) is 7.98. The van der Waals surface area contributed by atoms with E-state index < -0.39 is 0 Å². The van der Waals surface area contributed by atoms with Crippen LogP contribution in [0.3, 0.4) is 0 Å². The van der Waals surface area contributed by atoms with Crippen LogP contribution in [-0.2, 0) is 20.9 Å². The summed E-state index contributed by atoms with van der Waals surface area (Å²) < 4.78 is 5.96. The number of rotatable bonds is 5. The number of hydrogen-bond acceptors (Lipinski definition) is 4. The normalized spacial score (nSPS) is 21.0. The number of hydrogen-bond donors (Lipinski definition) is 0. The first kappa shape index (κ1) is 15.7. The standard InChI is InChI=1S/C17H21N3O3/c21-15-10-18-13-19(15)11-16(22)20-9-5-4-8-17(20)23-12-14-6-2-1-3-7-14/h1-3,6-7,13,17H,4-5,8-12H2. The lowest BCUT2D eigenvalue weighted by atomic mass is 10.1. The van der Waals surface area contributed by atoms with Gasteiger partial charge in [-0.1, -0.05) is 30.3 Å². The van der Waals surface area contributed by atoms with Crippen LogP contribution in [0.25, 0.3) is 0 Å². The summed E-state index contributed by atoms with van der Waals surface area (Å²) in [5.74, 6) is -0.207. The number of carbonyl (C=O) groups excluding carboxylic acids is 2. The number of aliphatic imine (C=N–C) groups is 1. The molecule has 1 fully saturated rings. The van der Waals surface area contributed by atoms with Crippen LogP contribution < -0.4 is 0 Å². The fourth-order valence-electron chi connectivity index (χ4n) is 2.86. The van der Waals surface area contributed by atoms with Gasteiger partial charge in [0.1, 0.15) is 19.3 Å². The second-order valence-electron chi connectivity index (χ2n) is 5.81. The number of carbonyl (C=O) groups is 2. The first-order chi connectivity index (χ1) is 11.2. The summed E-state index contributed by atoms with van der Waals surface area (Å²) in [6.07, 6.45) is 4.09. The van der Waals surface area contributed by atoms with E-state index in [4.69, 9.17) is 4.74 Å². The fraction of sp³-hybridized carbons (Fsp3) is 0.471. The molecule has 0 aromatic heterocycles. The van der Waals surface area contributed by atoms with Gasteiger partial charge in [-0.25, -0.2) is 0 Å². The number of nitrogens with zero attached hydrogens (tertiary/aromatic N) is 3. The zero-order valence-electron chi connectivity index (χ0n) is 13.1. The van der Waals surface area contributed by atoms with Crippen LogP contribution >= 0.6 is 0 Å². The lowest BCUT2D eigenvalue weighted by molar-refractivity contribution is -0.154. The highest BCUT2D eigenvalue weighted by Crippen LogP contribution is 2.20. The first-order valence-electron chi connectivity index (χ1n) is 7.98. The molecule has 6 heteroatoms. The second-order valence-corrected chi connectivity index (χ2v) is 5.81. The van der Waals surface area contributed by atoms with Gasteiger partial charge in [0.25, 0.3) is 0 Å². The largest absolute Gasteiger partial charge is 0.354 e. The fourth-order valence-corrected chi connectivity index (χ4v) is 2.86. The van der Waals surface area contributed by atoms with E-state index in [1.807, 2.05) is 30.3 Å². The molecular weight excluding hydrogens is 294 g/mol. The molecule has 1 atom stereocenters. The van der Waals surface area contributed by atoms with Crippen LogP contribution in [0.5, 0.6) is 0 Å². The van der Waals surface area contributed by atoms with Gasteiger partial charge in [0.2, 0.25) is 11.8 Å². The smallest absolute Gasteiger partial charge is 0.249 e. The van der Waals surface area contributed by atoms with E-state index >= 15 is 0 Å². The van der Waals surface area contributed by atoms with Crippen molar-refractivity contribution in [3.05, 3.63) is 35.9 Å². The molecule has 23 heavy (non-hydrogen) atoms. The van der Waals surface area contributed by atoms with Gasteiger partial charge in [-0.3, -0.25) is 19.5 Å². The summed E-state index contributed by atoms with van der Waals surface area (Å²) in [5.41, 5.74) is 1.09. The van der Waals surface area contributed by atoms with E-state index in [0.717, 1.165) is 24.8 Å². The third-order valence-electron chi connectivity index (χ3n) is 4.13. The Morgan fingerprint density at radius 1 is 1.26 bits per heavy atom. The Labute approximate surface area is 135 Å². The van der Waals surface area contributed by atoms with E-state index in [1.165, 1.54) is 11.2 Å². The molecule has 2 heterocycles. The van der Waals surface area contributed by atoms with Crippen molar-refractivity contribution in [3.63, 3.8) is 0 Å². The second kappa shape index (κ2) is 7.37. The van der Waals surface area contributed by atoms with Gasteiger partial charge >= 0.3 is 0 Å². The van der Waals surface area contributed by atoms with E-state index in [2.05, 4.69) is 4.99 Å². The van der Waals surface area contributed by atoms with Crippen molar-refractivity contribution in [2.75, 3.05) is 19.6 Å². The minimum Gasteiger partial charge on any atom is -0.354 e. The predicted octanol–water partition coefficient (Wildman–Crippen LogP) is 1.41. The molecule has 6 nitrogen and oxygen atoms in total. The Kier molecular flexibility index (Phi) is 5.02. The highest BCUT2D eigenvalue weighted by Gasteiger charge is 2.29. The monoisotopic (exact) mass is 315 g/mol. The number of benzene rings is 1. The molecule has 1 aromatic rings. The zero-order valence-corrected chi connectivity index (χ0v) is 13.1. The average molecular weight is 315 g/mol. The lowest BCUT2D eigenvalue weighted by Gasteiger charge is -2.36.